The van der Waals surface area contributed by atoms with Crippen LogP contribution < -0.4 is 19.9 Å². The number of fused-ring (bicyclic) bond motifs is 1. The van der Waals surface area contributed by atoms with E-state index in [1.165, 1.54) is 0 Å². The summed E-state index contributed by atoms with van der Waals surface area (Å²) in [5.41, 5.74) is 6.64. The predicted molar refractivity (Wildman–Crippen MR) is 70.3 cm³/mol. The van der Waals surface area contributed by atoms with Gasteiger partial charge in [-0.2, -0.15) is 5.26 Å². The first kappa shape index (κ1) is 13.5. The molecule has 0 spiro atoms. The third-order valence-corrected chi connectivity index (χ3v) is 2.91. The minimum absolute atomic E-state index is 0.253. The van der Waals surface area contributed by atoms with Gasteiger partial charge in [-0.1, -0.05) is 0 Å². The van der Waals surface area contributed by atoms with Gasteiger partial charge < -0.3 is 19.9 Å². The van der Waals surface area contributed by atoms with Crippen molar-refractivity contribution in [1.29, 1.82) is 5.26 Å². The molecule has 102 valence electrons. The maximum atomic E-state index is 8.47. The van der Waals surface area contributed by atoms with E-state index in [9.17, 15) is 0 Å². The van der Waals surface area contributed by atoms with Gasteiger partial charge in [-0.25, -0.2) is 0 Å². The molecular formula is C14H18N2O3. The highest BCUT2D eigenvalue weighted by atomic mass is 16.7. The molecule has 0 saturated heterocycles. The van der Waals surface area contributed by atoms with Gasteiger partial charge in [0.1, 0.15) is 5.75 Å². The molecule has 1 aliphatic rings. The minimum atomic E-state index is 0.253. The molecular weight excluding hydrogens is 244 g/mol. The fraction of sp³-hybridized carbons (Fsp3) is 0.500. The summed E-state index contributed by atoms with van der Waals surface area (Å²) in [5.74, 6) is 2.26. The molecule has 0 saturated carbocycles. The number of hydrogen-bond acceptors (Lipinski definition) is 5. The molecule has 0 unspecified atom stereocenters. The number of ether oxygens (including phenoxy) is 3. The number of benzene rings is 1. The molecule has 19 heavy (non-hydrogen) atoms. The highest BCUT2D eigenvalue weighted by Crippen LogP contribution is 2.38. The SMILES string of the molecule is N#CCCCCOc1cc2c(cc1CCN)OCO2. The molecule has 1 aliphatic heterocycles. The molecule has 1 heterocycles. The Morgan fingerprint density at radius 2 is 2.05 bits per heavy atom. The van der Waals surface area contributed by atoms with Gasteiger partial charge in [0.05, 0.1) is 12.7 Å². The van der Waals surface area contributed by atoms with E-state index >= 15 is 0 Å². The van der Waals surface area contributed by atoms with Crippen LogP contribution in [0.4, 0.5) is 0 Å². The van der Waals surface area contributed by atoms with E-state index < -0.39 is 0 Å². The third-order valence-electron chi connectivity index (χ3n) is 2.91. The molecule has 0 fully saturated rings. The van der Waals surface area contributed by atoms with Crippen molar-refractivity contribution in [3.05, 3.63) is 17.7 Å². The smallest absolute Gasteiger partial charge is 0.231 e. The zero-order chi connectivity index (χ0) is 13.5. The molecule has 5 nitrogen and oxygen atoms in total. The maximum absolute atomic E-state index is 8.47. The third kappa shape index (κ3) is 3.52. The molecule has 0 aromatic heterocycles. The van der Waals surface area contributed by atoms with Crippen LogP contribution in [0.5, 0.6) is 17.2 Å². The Labute approximate surface area is 112 Å². The van der Waals surface area contributed by atoms with Crippen LogP contribution in [0, 0.1) is 11.3 Å². The van der Waals surface area contributed by atoms with Gasteiger partial charge in [0.25, 0.3) is 0 Å². The summed E-state index contributed by atoms with van der Waals surface area (Å²) in [6.07, 6.45) is 3.03. The Morgan fingerprint density at radius 1 is 1.26 bits per heavy atom. The zero-order valence-electron chi connectivity index (χ0n) is 10.9. The van der Waals surface area contributed by atoms with E-state index in [1.807, 2.05) is 12.1 Å². The van der Waals surface area contributed by atoms with E-state index in [4.69, 9.17) is 25.2 Å². The average Bonchev–Trinajstić information content (AvgIpc) is 2.86. The number of rotatable bonds is 7. The van der Waals surface area contributed by atoms with E-state index in [1.54, 1.807) is 0 Å². The quantitative estimate of drug-likeness (QED) is 0.760. The van der Waals surface area contributed by atoms with Crippen LogP contribution in [0.2, 0.25) is 0 Å². The van der Waals surface area contributed by atoms with Crippen LogP contribution in [0.15, 0.2) is 12.1 Å². The fourth-order valence-electron chi connectivity index (χ4n) is 1.94. The number of nitrogens with two attached hydrogens (primary N) is 1. The zero-order valence-corrected chi connectivity index (χ0v) is 10.9. The monoisotopic (exact) mass is 262 g/mol. The topological polar surface area (TPSA) is 77.5 Å². The normalized spacial score (nSPS) is 12.2. The number of hydrogen-bond donors (Lipinski definition) is 1. The standard InChI is InChI=1S/C14H18N2O3/c15-5-2-1-3-7-17-12-9-14-13(18-10-19-14)8-11(12)4-6-16/h8-9H,1-4,6-7,10,16H2. The number of nitrogens with zero attached hydrogens (tertiary/aromatic N) is 1. The summed E-state index contributed by atoms with van der Waals surface area (Å²) < 4.78 is 16.4. The summed E-state index contributed by atoms with van der Waals surface area (Å²) in [5, 5.41) is 8.47. The molecule has 0 aliphatic carbocycles. The lowest BCUT2D eigenvalue weighted by Crippen LogP contribution is -2.06. The van der Waals surface area contributed by atoms with E-state index in [-0.39, 0.29) is 6.79 Å². The van der Waals surface area contributed by atoms with Gasteiger partial charge in [0.15, 0.2) is 11.5 Å². The average molecular weight is 262 g/mol. The lowest BCUT2D eigenvalue weighted by Gasteiger charge is -2.12. The van der Waals surface area contributed by atoms with Crippen LogP contribution in [0.25, 0.3) is 0 Å². The highest BCUT2D eigenvalue weighted by molar-refractivity contribution is 5.51. The molecule has 0 bridgehead atoms. The van der Waals surface area contributed by atoms with Gasteiger partial charge >= 0.3 is 0 Å². The molecule has 0 atom stereocenters. The van der Waals surface area contributed by atoms with Crippen LogP contribution in [0.3, 0.4) is 0 Å². The Hall–Kier alpha value is -1.93. The Bertz CT molecular complexity index is 468. The first-order chi connectivity index (χ1) is 9.35. The minimum Gasteiger partial charge on any atom is -0.493 e. The number of nitriles is 1. The Morgan fingerprint density at radius 3 is 2.79 bits per heavy atom. The lowest BCUT2D eigenvalue weighted by molar-refractivity contribution is 0.173. The van der Waals surface area contributed by atoms with Crippen molar-refractivity contribution in [2.45, 2.75) is 25.7 Å². The van der Waals surface area contributed by atoms with Gasteiger partial charge in [-0.05, 0) is 37.4 Å². The Kier molecular flexibility index (Phi) is 4.87. The van der Waals surface area contributed by atoms with E-state index in [0.29, 0.717) is 25.3 Å². The predicted octanol–water partition coefficient (Wildman–Crippen LogP) is 1.99. The van der Waals surface area contributed by atoms with Gasteiger partial charge in [-0.3, -0.25) is 0 Å². The summed E-state index contributed by atoms with van der Waals surface area (Å²) in [6.45, 7) is 1.41. The molecule has 0 radical (unpaired) electrons. The summed E-state index contributed by atoms with van der Waals surface area (Å²) >= 11 is 0. The summed E-state index contributed by atoms with van der Waals surface area (Å²) in [4.78, 5) is 0. The van der Waals surface area contributed by atoms with Crippen molar-refractivity contribution in [2.24, 2.45) is 5.73 Å². The second-order valence-electron chi connectivity index (χ2n) is 4.32. The second-order valence-corrected chi connectivity index (χ2v) is 4.32. The van der Waals surface area contributed by atoms with Gasteiger partial charge in [0.2, 0.25) is 6.79 Å². The first-order valence-electron chi connectivity index (χ1n) is 6.47. The van der Waals surface area contributed by atoms with Crippen LogP contribution in [-0.2, 0) is 6.42 Å². The molecule has 2 N–H and O–H groups in total. The maximum Gasteiger partial charge on any atom is 0.231 e. The fourth-order valence-corrected chi connectivity index (χ4v) is 1.94. The summed E-state index contributed by atoms with van der Waals surface area (Å²) in [6, 6.07) is 5.91. The molecule has 2 rings (SSSR count). The molecule has 1 aromatic rings. The highest BCUT2D eigenvalue weighted by Gasteiger charge is 2.17. The van der Waals surface area contributed by atoms with Crippen LogP contribution >= 0.6 is 0 Å². The molecule has 5 heteroatoms. The number of unbranched alkanes of at least 4 members (excludes halogenated alkanes) is 2. The van der Waals surface area contributed by atoms with Crippen molar-refractivity contribution >= 4 is 0 Å². The van der Waals surface area contributed by atoms with Gasteiger partial charge in [-0.15, -0.1) is 0 Å². The van der Waals surface area contributed by atoms with Crippen molar-refractivity contribution in [3.63, 3.8) is 0 Å². The molecule has 0 amide bonds. The van der Waals surface area contributed by atoms with Crippen molar-refractivity contribution in [3.8, 4) is 23.3 Å². The van der Waals surface area contributed by atoms with Crippen molar-refractivity contribution < 1.29 is 14.2 Å². The first-order valence-corrected chi connectivity index (χ1v) is 6.47. The van der Waals surface area contributed by atoms with Gasteiger partial charge in [0, 0.05) is 12.5 Å². The summed E-state index contributed by atoms with van der Waals surface area (Å²) in [7, 11) is 0. The van der Waals surface area contributed by atoms with Crippen LogP contribution in [0.1, 0.15) is 24.8 Å². The van der Waals surface area contributed by atoms with Crippen LogP contribution in [-0.4, -0.2) is 19.9 Å². The Balaban J connectivity index is 1.99. The van der Waals surface area contributed by atoms with E-state index in [2.05, 4.69) is 6.07 Å². The van der Waals surface area contributed by atoms with Crippen molar-refractivity contribution in [2.75, 3.05) is 19.9 Å². The van der Waals surface area contributed by atoms with Crippen molar-refractivity contribution in [1.82, 2.24) is 0 Å². The van der Waals surface area contributed by atoms with E-state index in [0.717, 1.165) is 36.3 Å². The lowest BCUT2D eigenvalue weighted by atomic mass is 10.1. The molecule has 1 aromatic carbocycles. The second kappa shape index (κ2) is 6.86. The largest absolute Gasteiger partial charge is 0.493 e.